The second-order valence-electron chi connectivity index (χ2n) is 4.77. The lowest BCUT2D eigenvalue weighted by atomic mass is 10.1. The van der Waals surface area contributed by atoms with Gasteiger partial charge in [-0.3, -0.25) is 0 Å². The van der Waals surface area contributed by atoms with Crippen molar-refractivity contribution in [3.05, 3.63) is 22.2 Å². The first-order valence-corrected chi connectivity index (χ1v) is 8.91. The van der Waals surface area contributed by atoms with E-state index in [0.717, 1.165) is 46.3 Å². The van der Waals surface area contributed by atoms with Gasteiger partial charge in [-0.1, -0.05) is 15.9 Å². The van der Waals surface area contributed by atoms with E-state index in [0.29, 0.717) is 13.2 Å². The van der Waals surface area contributed by atoms with E-state index in [-0.39, 0.29) is 6.10 Å². The molecule has 1 unspecified atom stereocenters. The molecule has 0 amide bonds. The number of halogens is 2. The molecule has 0 spiro atoms. The second-order valence-corrected chi connectivity index (χ2v) is 6.19. The summed E-state index contributed by atoms with van der Waals surface area (Å²) in [5.74, 6) is 1.55. The first kappa shape index (κ1) is 16.1. The van der Waals surface area contributed by atoms with E-state index in [1.54, 1.807) is 0 Å². The highest BCUT2D eigenvalue weighted by molar-refractivity contribution is 9.10. The van der Waals surface area contributed by atoms with E-state index >= 15 is 0 Å². The molecule has 0 radical (unpaired) electrons. The Balaban J connectivity index is 2.08. The molecule has 0 bridgehead atoms. The fourth-order valence-corrected chi connectivity index (χ4v) is 3.14. The first-order chi connectivity index (χ1) is 9.74. The van der Waals surface area contributed by atoms with Gasteiger partial charge in [-0.2, -0.15) is 0 Å². The smallest absolute Gasteiger partial charge is 0.175 e. The van der Waals surface area contributed by atoms with Gasteiger partial charge in [-0.25, -0.2) is 0 Å². The van der Waals surface area contributed by atoms with Crippen LogP contribution in [0.5, 0.6) is 11.5 Å². The molecule has 1 aliphatic rings. The van der Waals surface area contributed by atoms with Crippen molar-refractivity contribution in [3.63, 3.8) is 0 Å². The maximum atomic E-state index is 5.95. The Hall–Kier alpha value is -0.260. The summed E-state index contributed by atoms with van der Waals surface area (Å²) in [6.45, 7) is 4.01. The molecule has 1 atom stereocenters. The third kappa shape index (κ3) is 4.37. The Morgan fingerprint density at radius 2 is 2.15 bits per heavy atom. The molecule has 1 heterocycles. The Bertz CT molecular complexity index is 431. The summed E-state index contributed by atoms with van der Waals surface area (Å²) >= 11 is 7.03. The van der Waals surface area contributed by atoms with Gasteiger partial charge in [0.2, 0.25) is 0 Å². The molecule has 0 aromatic heterocycles. The molecule has 0 N–H and O–H groups in total. The van der Waals surface area contributed by atoms with Gasteiger partial charge < -0.3 is 14.2 Å². The van der Waals surface area contributed by atoms with Crippen molar-refractivity contribution in [1.29, 1.82) is 0 Å². The van der Waals surface area contributed by atoms with Crippen LogP contribution in [-0.4, -0.2) is 25.9 Å². The molecule has 1 fully saturated rings. The van der Waals surface area contributed by atoms with Gasteiger partial charge in [0.15, 0.2) is 11.5 Å². The molecule has 1 saturated heterocycles. The van der Waals surface area contributed by atoms with Crippen LogP contribution in [0.3, 0.4) is 0 Å². The van der Waals surface area contributed by atoms with Crippen LogP contribution >= 0.6 is 31.9 Å². The van der Waals surface area contributed by atoms with Gasteiger partial charge in [0.1, 0.15) is 6.61 Å². The van der Waals surface area contributed by atoms with Gasteiger partial charge in [0.05, 0.1) is 17.2 Å². The fraction of sp³-hybridized carbons (Fsp3) is 0.600. The summed E-state index contributed by atoms with van der Waals surface area (Å²) < 4.78 is 18.3. The summed E-state index contributed by atoms with van der Waals surface area (Å²) in [4.78, 5) is 0. The first-order valence-electron chi connectivity index (χ1n) is 7.00. The molecular formula is C15H20Br2O3. The van der Waals surface area contributed by atoms with Crippen LogP contribution in [0.4, 0.5) is 0 Å². The lowest BCUT2D eigenvalue weighted by molar-refractivity contribution is -0.0117. The average molecular weight is 408 g/mol. The molecular weight excluding hydrogens is 388 g/mol. The minimum Gasteiger partial charge on any atom is -0.490 e. The summed E-state index contributed by atoms with van der Waals surface area (Å²) in [6.07, 6.45) is 3.64. The van der Waals surface area contributed by atoms with Crippen LogP contribution in [0.2, 0.25) is 0 Å². The third-order valence-corrected chi connectivity index (χ3v) is 4.45. The normalized spacial score (nSPS) is 18.9. The quantitative estimate of drug-likeness (QED) is 0.640. The number of hydrogen-bond acceptors (Lipinski definition) is 3. The Kier molecular flexibility index (Phi) is 6.65. The zero-order chi connectivity index (χ0) is 14.4. The van der Waals surface area contributed by atoms with Crippen molar-refractivity contribution >= 4 is 31.9 Å². The summed E-state index contributed by atoms with van der Waals surface area (Å²) in [5, 5.41) is 0.789. The largest absolute Gasteiger partial charge is 0.490 e. The summed E-state index contributed by atoms with van der Waals surface area (Å²) in [5.41, 5.74) is 1.15. The molecule has 1 aromatic carbocycles. The topological polar surface area (TPSA) is 27.7 Å². The van der Waals surface area contributed by atoms with Crippen LogP contribution in [0.25, 0.3) is 0 Å². The number of hydrogen-bond donors (Lipinski definition) is 0. The van der Waals surface area contributed by atoms with Crippen LogP contribution in [0.1, 0.15) is 31.7 Å². The number of rotatable bonds is 6. The molecule has 5 heteroatoms. The van der Waals surface area contributed by atoms with E-state index in [4.69, 9.17) is 14.2 Å². The third-order valence-electron chi connectivity index (χ3n) is 3.21. The van der Waals surface area contributed by atoms with Crippen molar-refractivity contribution in [1.82, 2.24) is 0 Å². The molecule has 112 valence electrons. The number of ether oxygens (including phenoxy) is 3. The second kappa shape index (κ2) is 8.25. The van der Waals surface area contributed by atoms with Crippen LogP contribution in [0, 0.1) is 0 Å². The Morgan fingerprint density at radius 3 is 2.80 bits per heavy atom. The van der Waals surface area contributed by atoms with Crippen LogP contribution in [0.15, 0.2) is 16.6 Å². The minimum atomic E-state index is 0.195. The van der Waals surface area contributed by atoms with Gasteiger partial charge >= 0.3 is 0 Å². The van der Waals surface area contributed by atoms with Gasteiger partial charge in [-0.15, -0.1) is 0 Å². The van der Waals surface area contributed by atoms with Crippen molar-refractivity contribution in [3.8, 4) is 11.5 Å². The maximum Gasteiger partial charge on any atom is 0.175 e. The van der Waals surface area contributed by atoms with E-state index < -0.39 is 0 Å². The van der Waals surface area contributed by atoms with Gasteiger partial charge in [0.25, 0.3) is 0 Å². The zero-order valence-electron chi connectivity index (χ0n) is 11.7. The molecule has 2 rings (SSSR count). The Labute approximate surface area is 137 Å². The summed E-state index contributed by atoms with van der Waals surface area (Å²) in [7, 11) is 0. The molecule has 1 aliphatic heterocycles. The lowest BCUT2D eigenvalue weighted by Gasteiger charge is -2.23. The monoisotopic (exact) mass is 406 g/mol. The van der Waals surface area contributed by atoms with Gasteiger partial charge in [-0.05, 0) is 59.8 Å². The van der Waals surface area contributed by atoms with Crippen LogP contribution in [-0.2, 0) is 10.1 Å². The summed E-state index contributed by atoms with van der Waals surface area (Å²) in [6, 6.07) is 4.06. The lowest BCUT2D eigenvalue weighted by Crippen LogP contribution is -2.26. The molecule has 3 nitrogen and oxygen atoms in total. The highest BCUT2D eigenvalue weighted by atomic mass is 79.9. The van der Waals surface area contributed by atoms with E-state index in [1.807, 2.05) is 19.1 Å². The molecule has 0 aliphatic carbocycles. The Morgan fingerprint density at radius 1 is 1.30 bits per heavy atom. The van der Waals surface area contributed by atoms with E-state index in [9.17, 15) is 0 Å². The predicted molar refractivity (Wildman–Crippen MR) is 87.0 cm³/mol. The maximum absolute atomic E-state index is 5.95. The average Bonchev–Trinajstić information content (AvgIpc) is 2.47. The highest BCUT2D eigenvalue weighted by Gasteiger charge is 2.17. The SMILES string of the molecule is CCOc1cc(CBr)cc(Br)c1OCC1CCCCO1. The highest BCUT2D eigenvalue weighted by Crippen LogP contribution is 2.37. The number of alkyl halides is 1. The standard InChI is InChI=1S/C15H20Br2O3/c1-2-18-14-8-11(9-16)7-13(17)15(14)20-10-12-5-3-4-6-19-12/h7-8,12H,2-6,9-10H2,1H3. The van der Waals surface area contributed by atoms with Crippen molar-refractivity contribution < 1.29 is 14.2 Å². The van der Waals surface area contributed by atoms with Crippen LogP contribution < -0.4 is 9.47 Å². The molecule has 20 heavy (non-hydrogen) atoms. The van der Waals surface area contributed by atoms with E-state index in [2.05, 4.69) is 31.9 Å². The minimum absolute atomic E-state index is 0.195. The van der Waals surface area contributed by atoms with Gasteiger partial charge in [0, 0.05) is 11.9 Å². The predicted octanol–water partition coefficient (Wildman–Crippen LogP) is 4.69. The zero-order valence-corrected chi connectivity index (χ0v) is 14.8. The number of benzene rings is 1. The van der Waals surface area contributed by atoms with E-state index in [1.165, 1.54) is 6.42 Å². The van der Waals surface area contributed by atoms with Crippen molar-refractivity contribution in [2.45, 2.75) is 37.6 Å². The van der Waals surface area contributed by atoms with Crippen molar-refractivity contribution in [2.75, 3.05) is 19.8 Å². The molecule has 0 saturated carbocycles. The van der Waals surface area contributed by atoms with Crippen molar-refractivity contribution in [2.24, 2.45) is 0 Å². The molecule has 1 aromatic rings. The fourth-order valence-electron chi connectivity index (χ4n) is 2.22.